The molecule has 5 heteroatoms. The summed E-state index contributed by atoms with van der Waals surface area (Å²) in [6.45, 7) is 5.83. The maximum Gasteiger partial charge on any atom is 0.226 e. The van der Waals surface area contributed by atoms with E-state index in [1.807, 2.05) is 68.6 Å². The Labute approximate surface area is 169 Å². The molecular formula is C23H24N2O2S. The van der Waals surface area contributed by atoms with Crippen molar-refractivity contribution in [3.63, 3.8) is 0 Å². The molecule has 1 amide bonds. The van der Waals surface area contributed by atoms with Crippen LogP contribution in [0.4, 0.5) is 5.69 Å². The first kappa shape index (κ1) is 20.0. The lowest BCUT2D eigenvalue weighted by atomic mass is 9.97. The maximum atomic E-state index is 12.5. The van der Waals surface area contributed by atoms with E-state index in [2.05, 4.69) is 4.98 Å². The smallest absolute Gasteiger partial charge is 0.226 e. The summed E-state index contributed by atoms with van der Waals surface area (Å²) in [6, 6.07) is 13.7. The van der Waals surface area contributed by atoms with Gasteiger partial charge in [0.2, 0.25) is 5.91 Å². The Morgan fingerprint density at radius 3 is 2.36 bits per heavy atom. The number of nitrogens with zero attached hydrogens (tertiary/aromatic N) is 2. The molecule has 0 aliphatic heterocycles. The van der Waals surface area contributed by atoms with E-state index in [1.54, 1.807) is 11.9 Å². The molecule has 0 bridgehead atoms. The average Bonchev–Trinajstić information content (AvgIpc) is 3.11. The van der Waals surface area contributed by atoms with E-state index in [0.29, 0.717) is 18.4 Å². The molecule has 3 rings (SSSR count). The molecule has 0 aliphatic rings. The molecule has 0 atom stereocenters. The third-order valence-corrected chi connectivity index (χ3v) is 5.74. The quantitative estimate of drug-likeness (QED) is 0.540. The SMILES string of the molecule is CCC(=O)N(C)c1ccc(-c2ccc(C(=O)Cc3nc(C)cs3)cc2)c(C)c1. The molecule has 0 unspecified atom stereocenters. The number of ketones is 1. The third-order valence-electron chi connectivity index (χ3n) is 4.77. The summed E-state index contributed by atoms with van der Waals surface area (Å²) >= 11 is 1.52. The second-order valence-corrected chi connectivity index (χ2v) is 7.81. The summed E-state index contributed by atoms with van der Waals surface area (Å²) in [5.41, 5.74) is 5.77. The summed E-state index contributed by atoms with van der Waals surface area (Å²) in [7, 11) is 1.80. The van der Waals surface area contributed by atoms with Crippen LogP contribution in [0.25, 0.3) is 11.1 Å². The number of carbonyl (C=O) groups excluding carboxylic acids is 2. The van der Waals surface area contributed by atoms with Gasteiger partial charge < -0.3 is 4.90 Å². The molecule has 4 nitrogen and oxygen atoms in total. The van der Waals surface area contributed by atoms with E-state index < -0.39 is 0 Å². The van der Waals surface area contributed by atoms with Crippen molar-refractivity contribution >= 4 is 28.7 Å². The van der Waals surface area contributed by atoms with Crippen LogP contribution in [0.15, 0.2) is 47.8 Å². The van der Waals surface area contributed by atoms with E-state index in [9.17, 15) is 9.59 Å². The zero-order valence-electron chi connectivity index (χ0n) is 16.7. The Morgan fingerprint density at radius 1 is 1.07 bits per heavy atom. The standard InChI is InChI=1S/C23H24N2O2S/c1-5-23(27)25(4)19-10-11-20(15(2)12-19)17-6-8-18(9-7-17)21(26)13-22-24-16(3)14-28-22/h6-12,14H,5,13H2,1-4H3. The molecular weight excluding hydrogens is 368 g/mol. The van der Waals surface area contributed by atoms with E-state index in [0.717, 1.165) is 33.1 Å². The van der Waals surface area contributed by atoms with E-state index in [1.165, 1.54) is 11.3 Å². The first-order chi connectivity index (χ1) is 13.4. The van der Waals surface area contributed by atoms with E-state index in [-0.39, 0.29) is 11.7 Å². The number of carbonyl (C=O) groups is 2. The molecule has 2 aromatic carbocycles. The highest BCUT2D eigenvalue weighted by Gasteiger charge is 2.12. The minimum absolute atomic E-state index is 0.0765. The zero-order chi connectivity index (χ0) is 20.3. The van der Waals surface area contributed by atoms with Crippen LogP contribution < -0.4 is 4.90 Å². The zero-order valence-corrected chi connectivity index (χ0v) is 17.5. The first-order valence-corrected chi connectivity index (χ1v) is 10.2. The first-order valence-electron chi connectivity index (χ1n) is 9.31. The van der Waals surface area contributed by atoms with Crippen molar-refractivity contribution < 1.29 is 9.59 Å². The fourth-order valence-electron chi connectivity index (χ4n) is 3.12. The molecule has 1 heterocycles. The summed E-state index contributed by atoms with van der Waals surface area (Å²) in [5.74, 6) is 0.165. The Balaban J connectivity index is 1.77. The predicted molar refractivity (Wildman–Crippen MR) is 115 cm³/mol. The number of amides is 1. The lowest BCUT2D eigenvalue weighted by Crippen LogP contribution is -2.25. The van der Waals surface area contributed by atoms with Gasteiger partial charge in [0.05, 0.1) is 6.42 Å². The van der Waals surface area contributed by atoms with Gasteiger partial charge >= 0.3 is 0 Å². The van der Waals surface area contributed by atoms with Crippen molar-refractivity contribution in [3.05, 3.63) is 69.7 Å². The Morgan fingerprint density at radius 2 is 1.79 bits per heavy atom. The van der Waals surface area contributed by atoms with Crippen molar-refractivity contribution in [1.29, 1.82) is 0 Å². The molecule has 0 saturated carbocycles. The molecule has 1 aromatic heterocycles. The summed E-state index contributed by atoms with van der Waals surface area (Å²) in [6.07, 6.45) is 0.816. The van der Waals surface area contributed by atoms with Gasteiger partial charge in [-0.3, -0.25) is 9.59 Å². The van der Waals surface area contributed by atoms with E-state index in [4.69, 9.17) is 0 Å². The number of aromatic nitrogens is 1. The number of hydrogen-bond acceptors (Lipinski definition) is 4. The van der Waals surface area contributed by atoms with Crippen molar-refractivity contribution in [2.45, 2.75) is 33.6 Å². The number of rotatable bonds is 6. The highest BCUT2D eigenvalue weighted by atomic mass is 32.1. The third kappa shape index (κ3) is 4.37. The molecule has 3 aromatic rings. The predicted octanol–water partition coefficient (Wildman–Crippen LogP) is 5.23. The van der Waals surface area contributed by atoms with Gasteiger partial charge in [0.25, 0.3) is 0 Å². The molecule has 0 N–H and O–H groups in total. The summed E-state index contributed by atoms with van der Waals surface area (Å²) < 4.78 is 0. The number of hydrogen-bond donors (Lipinski definition) is 0. The fourth-order valence-corrected chi connectivity index (χ4v) is 3.89. The second kappa shape index (κ2) is 8.48. The van der Waals surface area contributed by atoms with Crippen LogP contribution in [0, 0.1) is 13.8 Å². The van der Waals surface area contributed by atoms with Crippen LogP contribution in [-0.4, -0.2) is 23.7 Å². The number of Topliss-reactive ketones (excluding diaryl/α,β-unsaturated/α-hetero) is 1. The van der Waals surface area contributed by atoms with Crippen LogP contribution in [0.5, 0.6) is 0 Å². The van der Waals surface area contributed by atoms with Crippen molar-refractivity contribution in [2.24, 2.45) is 0 Å². The Kier molecular flexibility index (Phi) is 6.05. The van der Waals surface area contributed by atoms with Crippen molar-refractivity contribution in [2.75, 3.05) is 11.9 Å². The Bertz CT molecular complexity index is 1010. The monoisotopic (exact) mass is 392 g/mol. The highest BCUT2D eigenvalue weighted by molar-refractivity contribution is 7.09. The van der Waals surface area contributed by atoms with Gasteiger partial charge in [-0.2, -0.15) is 0 Å². The average molecular weight is 393 g/mol. The molecule has 0 radical (unpaired) electrons. The second-order valence-electron chi connectivity index (χ2n) is 6.87. The maximum absolute atomic E-state index is 12.5. The van der Waals surface area contributed by atoms with Crippen LogP contribution in [0.3, 0.4) is 0 Å². The highest BCUT2D eigenvalue weighted by Crippen LogP contribution is 2.28. The molecule has 0 fully saturated rings. The van der Waals surface area contributed by atoms with Gasteiger partial charge in [0.1, 0.15) is 5.01 Å². The molecule has 0 spiro atoms. The lowest BCUT2D eigenvalue weighted by Gasteiger charge is -2.18. The van der Waals surface area contributed by atoms with Gasteiger partial charge in [-0.05, 0) is 42.7 Å². The molecule has 28 heavy (non-hydrogen) atoms. The minimum Gasteiger partial charge on any atom is -0.316 e. The van der Waals surface area contributed by atoms with Gasteiger partial charge in [-0.15, -0.1) is 11.3 Å². The van der Waals surface area contributed by atoms with Crippen LogP contribution in [0.1, 0.15) is 40.0 Å². The number of benzene rings is 2. The molecule has 144 valence electrons. The number of aryl methyl sites for hydroxylation is 2. The fraction of sp³-hybridized carbons (Fsp3) is 0.261. The van der Waals surface area contributed by atoms with Gasteiger partial charge in [0.15, 0.2) is 5.78 Å². The van der Waals surface area contributed by atoms with Crippen LogP contribution in [0.2, 0.25) is 0 Å². The Hall–Kier alpha value is -2.79. The van der Waals surface area contributed by atoms with Gasteiger partial charge in [-0.25, -0.2) is 4.98 Å². The van der Waals surface area contributed by atoms with Gasteiger partial charge in [0, 0.05) is 35.8 Å². The molecule has 0 saturated heterocycles. The molecule has 0 aliphatic carbocycles. The lowest BCUT2D eigenvalue weighted by molar-refractivity contribution is -0.118. The topological polar surface area (TPSA) is 50.3 Å². The number of thiazole rings is 1. The van der Waals surface area contributed by atoms with Crippen LogP contribution in [-0.2, 0) is 11.2 Å². The van der Waals surface area contributed by atoms with Gasteiger partial charge in [-0.1, -0.05) is 37.3 Å². The minimum atomic E-state index is 0.0765. The number of anilines is 1. The van der Waals surface area contributed by atoms with Crippen molar-refractivity contribution in [3.8, 4) is 11.1 Å². The van der Waals surface area contributed by atoms with Crippen molar-refractivity contribution in [1.82, 2.24) is 4.98 Å². The normalized spacial score (nSPS) is 10.7. The largest absolute Gasteiger partial charge is 0.316 e. The van der Waals surface area contributed by atoms with E-state index >= 15 is 0 Å². The van der Waals surface area contributed by atoms with Crippen LogP contribution >= 0.6 is 11.3 Å². The summed E-state index contributed by atoms with van der Waals surface area (Å²) in [4.78, 5) is 30.4. The summed E-state index contributed by atoms with van der Waals surface area (Å²) in [5, 5.41) is 2.81.